The molecule has 0 saturated carbocycles. The Balaban J connectivity index is 2.72. The number of amides is 2. The Kier molecular flexibility index (Phi) is 7.09. The smallest absolute Gasteiger partial charge is 0.233 e. The highest BCUT2D eigenvalue weighted by atomic mass is 16.2. The molecule has 0 atom stereocenters. The molecule has 1 aromatic rings. The molecule has 1 rings (SSSR count). The first kappa shape index (κ1) is 18.2. The Morgan fingerprint density at radius 3 is 1.95 bits per heavy atom. The molecule has 0 radical (unpaired) electrons. The SMILES string of the molecule is CCCN(CCC)C(=O)CC(=O)Nc1c(C)cc(C)cc1C. The highest BCUT2D eigenvalue weighted by molar-refractivity contribution is 6.04. The van der Waals surface area contributed by atoms with Gasteiger partial charge in [0.05, 0.1) is 0 Å². The van der Waals surface area contributed by atoms with Crippen molar-refractivity contribution in [3.05, 3.63) is 28.8 Å². The minimum atomic E-state index is -0.239. The van der Waals surface area contributed by atoms with Crippen molar-refractivity contribution in [2.75, 3.05) is 18.4 Å². The first-order chi connectivity index (χ1) is 10.4. The van der Waals surface area contributed by atoms with E-state index in [0.29, 0.717) is 13.1 Å². The van der Waals surface area contributed by atoms with Crippen LogP contribution in [0.5, 0.6) is 0 Å². The average molecular weight is 304 g/mol. The van der Waals surface area contributed by atoms with Crippen LogP contribution >= 0.6 is 0 Å². The summed E-state index contributed by atoms with van der Waals surface area (Å²) in [6.45, 7) is 11.5. The number of nitrogens with zero attached hydrogens (tertiary/aromatic N) is 1. The quantitative estimate of drug-likeness (QED) is 0.783. The van der Waals surface area contributed by atoms with E-state index in [1.807, 2.05) is 46.8 Å². The first-order valence-electron chi connectivity index (χ1n) is 8.04. The second kappa shape index (κ2) is 8.57. The minimum absolute atomic E-state index is 0.0905. The fourth-order valence-electron chi connectivity index (χ4n) is 2.71. The molecule has 2 amide bonds. The lowest BCUT2D eigenvalue weighted by molar-refractivity contribution is -0.134. The van der Waals surface area contributed by atoms with Gasteiger partial charge in [-0.1, -0.05) is 31.5 Å². The van der Waals surface area contributed by atoms with Crippen LogP contribution in [0.2, 0.25) is 0 Å². The van der Waals surface area contributed by atoms with Gasteiger partial charge in [0, 0.05) is 18.8 Å². The highest BCUT2D eigenvalue weighted by Crippen LogP contribution is 2.22. The third kappa shape index (κ3) is 5.17. The number of rotatable bonds is 7. The van der Waals surface area contributed by atoms with Gasteiger partial charge in [-0.25, -0.2) is 0 Å². The van der Waals surface area contributed by atoms with Crippen LogP contribution in [0.4, 0.5) is 5.69 Å². The van der Waals surface area contributed by atoms with Crippen LogP contribution in [0.3, 0.4) is 0 Å². The Bertz CT molecular complexity index is 509. The third-order valence-corrected chi connectivity index (χ3v) is 3.59. The molecule has 0 aliphatic rings. The molecule has 0 aromatic heterocycles. The number of carbonyl (C=O) groups excluding carboxylic acids is 2. The maximum Gasteiger partial charge on any atom is 0.233 e. The largest absolute Gasteiger partial charge is 0.342 e. The predicted molar refractivity (Wildman–Crippen MR) is 91.1 cm³/mol. The fraction of sp³-hybridized carbons (Fsp3) is 0.556. The summed E-state index contributed by atoms with van der Waals surface area (Å²) in [6.07, 6.45) is 1.72. The maximum absolute atomic E-state index is 12.2. The Hall–Kier alpha value is -1.84. The molecule has 0 bridgehead atoms. The molecule has 0 fully saturated rings. The monoisotopic (exact) mass is 304 g/mol. The maximum atomic E-state index is 12.2. The standard InChI is InChI=1S/C18H28N2O2/c1-6-8-20(9-7-2)17(22)12-16(21)19-18-14(4)10-13(3)11-15(18)5/h10-11H,6-9,12H2,1-5H3,(H,19,21). The molecule has 0 saturated heterocycles. The van der Waals surface area contributed by atoms with Gasteiger partial charge >= 0.3 is 0 Å². The fourth-order valence-corrected chi connectivity index (χ4v) is 2.71. The average Bonchev–Trinajstić information content (AvgIpc) is 2.42. The van der Waals surface area contributed by atoms with Crippen LogP contribution in [-0.4, -0.2) is 29.8 Å². The lowest BCUT2D eigenvalue weighted by atomic mass is 10.0. The highest BCUT2D eigenvalue weighted by Gasteiger charge is 2.17. The van der Waals surface area contributed by atoms with Gasteiger partial charge in [-0.2, -0.15) is 0 Å². The van der Waals surface area contributed by atoms with Crippen LogP contribution in [0, 0.1) is 20.8 Å². The Morgan fingerprint density at radius 2 is 1.50 bits per heavy atom. The summed E-state index contributed by atoms with van der Waals surface area (Å²) in [5.41, 5.74) is 4.04. The summed E-state index contributed by atoms with van der Waals surface area (Å²) in [5, 5.41) is 2.89. The number of hydrogen-bond donors (Lipinski definition) is 1. The zero-order valence-electron chi connectivity index (χ0n) is 14.5. The lowest BCUT2D eigenvalue weighted by Gasteiger charge is -2.21. The number of benzene rings is 1. The van der Waals surface area contributed by atoms with Crippen molar-refractivity contribution in [3.8, 4) is 0 Å². The van der Waals surface area contributed by atoms with Gasteiger partial charge in [0.15, 0.2) is 0 Å². The van der Waals surface area contributed by atoms with Crippen molar-refractivity contribution >= 4 is 17.5 Å². The molecule has 0 heterocycles. The lowest BCUT2D eigenvalue weighted by Crippen LogP contribution is -2.35. The van der Waals surface area contributed by atoms with E-state index in [1.165, 1.54) is 5.56 Å². The molecule has 0 spiro atoms. The number of nitrogens with one attached hydrogen (secondary N) is 1. The van der Waals surface area contributed by atoms with Gasteiger partial charge in [0.1, 0.15) is 6.42 Å². The summed E-state index contributed by atoms with van der Waals surface area (Å²) in [7, 11) is 0. The summed E-state index contributed by atoms with van der Waals surface area (Å²) >= 11 is 0. The Morgan fingerprint density at radius 1 is 1.00 bits per heavy atom. The Labute approximate surface area is 133 Å². The van der Waals surface area contributed by atoms with Gasteiger partial charge < -0.3 is 10.2 Å². The van der Waals surface area contributed by atoms with E-state index in [1.54, 1.807) is 4.90 Å². The number of aryl methyl sites for hydroxylation is 3. The van der Waals surface area contributed by atoms with Crippen molar-refractivity contribution in [2.24, 2.45) is 0 Å². The molecule has 1 N–H and O–H groups in total. The second-order valence-corrected chi connectivity index (χ2v) is 5.88. The normalized spacial score (nSPS) is 10.4. The summed E-state index contributed by atoms with van der Waals surface area (Å²) in [4.78, 5) is 26.2. The van der Waals surface area contributed by atoms with E-state index in [4.69, 9.17) is 0 Å². The van der Waals surface area contributed by atoms with E-state index in [-0.39, 0.29) is 18.2 Å². The van der Waals surface area contributed by atoms with E-state index >= 15 is 0 Å². The summed E-state index contributed by atoms with van der Waals surface area (Å²) in [6, 6.07) is 4.07. The van der Waals surface area contributed by atoms with Crippen LogP contribution in [0.15, 0.2) is 12.1 Å². The molecule has 22 heavy (non-hydrogen) atoms. The molecule has 1 aromatic carbocycles. The number of hydrogen-bond acceptors (Lipinski definition) is 2. The molecular weight excluding hydrogens is 276 g/mol. The first-order valence-corrected chi connectivity index (χ1v) is 8.04. The van der Waals surface area contributed by atoms with Crippen LogP contribution < -0.4 is 5.32 Å². The molecule has 0 unspecified atom stereocenters. The predicted octanol–water partition coefficient (Wildman–Crippen LogP) is 3.59. The van der Waals surface area contributed by atoms with Gasteiger partial charge in [-0.05, 0) is 44.7 Å². The van der Waals surface area contributed by atoms with Crippen LogP contribution in [0.1, 0.15) is 49.8 Å². The molecular formula is C18H28N2O2. The number of carbonyl (C=O) groups is 2. The number of anilines is 1. The molecule has 4 nitrogen and oxygen atoms in total. The molecule has 0 aliphatic carbocycles. The van der Waals surface area contributed by atoms with Crippen molar-refractivity contribution < 1.29 is 9.59 Å². The third-order valence-electron chi connectivity index (χ3n) is 3.59. The van der Waals surface area contributed by atoms with Gasteiger partial charge in [0.2, 0.25) is 11.8 Å². The van der Waals surface area contributed by atoms with Gasteiger partial charge in [-0.3, -0.25) is 9.59 Å². The van der Waals surface area contributed by atoms with Gasteiger partial charge in [0.25, 0.3) is 0 Å². The van der Waals surface area contributed by atoms with E-state index in [0.717, 1.165) is 29.7 Å². The zero-order valence-corrected chi connectivity index (χ0v) is 14.5. The van der Waals surface area contributed by atoms with E-state index in [9.17, 15) is 9.59 Å². The van der Waals surface area contributed by atoms with Crippen molar-refractivity contribution in [1.82, 2.24) is 4.90 Å². The van der Waals surface area contributed by atoms with Crippen molar-refractivity contribution in [1.29, 1.82) is 0 Å². The minimum Gasteiger partial charge on any atom is -0.342 e. The topological polar surface area (TPSA) is 49.4 Å². The zero-order chi connectivity index (χ0) is 16.7. The van der Waals surface area contributed by atoms with Crippen LogP contribution in [0.25, 0.3) is 0 Å². The van der Waals surface area contributed by atoms with E-state index in [2.05, 4.69) is 5.32 Å². The van der Waals surface area contributed by atoms with Crippen molar-refractivity contribution in [2.45, 2.75) is 53.9 Å². The van der Waals surface area contributed by atoms with Crippen LogP contribution in [-0.2, 0) is 9.59 Å². The molecule has 122 valence electrons. The van der Waals surface area contributed by atoms with E-state index < -0.39 is 0 Å². The summed E-state index contributed by atoms with van der Waals surface area (Å²) < 4.78 is 0. The van der Waals surface area contributed by atoms with Gasteiger partial charge in [-0.15, -0.1) is 0 Å². The second-order valence-electron chi connectivity index (χ2n) is 5.88. The van der Waals surface area contributed by atoms with Crippen molar-refractivity contribution in [3.63, 3.8) is 0 Å². The molecule has 4 heteroatoms. The molecule has 0 aliphatic heterocycles. The summed E-state index contributed by atoms with van der Waals surface area (Å²) in [5.74, 6) is -0.333.